The lowest BCUT2D eigenvalue weighted by Gasteiger charge is -2.25. The summed E-state index contributed by atoms with van der Waals surface area (Å²) in [6.07, 6.45) is 0.597. The number of aliphatic carboxylic acids is 2. The molecule has 17 nitrogen and oxygen atoms in total. The Bertz CT molecular complexity index is 1370. The first kappa shape index (κ1) is 35.0. The fourth-order valence-corrected chi connectivity index (χ4v) is 4.28. The number of hydrogen-bond acceptors (Lipinski definition) is 8. The maximum atomic E-state index is 13.6. The molecule has 14 N–H and O–H groups in total. The van der Waals surface area contributed by atoms with Crippen molar-refractivity contribution in [3.63, 3.8) is 0 Å². The van der Waals surface area contributed by atoms with Crippen LogP contribution in [0.5, 0.6) is 0 Å². The first-order valence-corrected chi connectivity index (χ1v) is 13.8. The number of primary amides is 1. The fraction of sp³-hybridized carbons (Fsp3) is 0.444. The number of benzene rings is 1. The number of carboxylic acid groups (broad SMARTS) is 2. The van der Waals surface area contributed by atoms with Gasteiger partial charge in [-0.1, -0.05) is 18.2 Å². The first-order valence-electron chi connectivity index (χ1n) is 13.8. The van der Waals surface area contributed by atoms with E-state index in [-0.39, 0.29) is 51.0 Å². The zero-order valence-electron chi connectivity index (χ0n) is 24.0. The SMILES string of the molecule is NC(=O)CCC(N)C(=O)NC(Cc1c[nH]c2ccccc12)C(=O)NC(CCC(=O)O)C(=O)NC(CCCN=C(N)N)C(=O)O. The number of carbonyl (C=O) groups excluding carboxylic acids is 4. The standard InChI is InChI=1S/C27H39N9O8/c28-16(7-9-21(29)37)23(40)36-20(12-14-13-33-17-5-2-1-4-15(14)17)25(42)34-18(8-10-22(38)39)24(41)35-19(26(43)44)6-3-11-32-27(30)31/h1-2,4-5,13,16,18-20,33H,3,6-12,28H2,(H2,29,37)(H,34,42)(H,35,41)(H,36,40)(H,38,39)(H,43,44)(H4,30,31,32). The third kappa shape index (κ3) is 11.6. The molecule has 2 aromatic rings. The van der Waals surface area contributed by atoms with E-state index < -0.39 is 66.2 Å². The number of guanidine groups is 1. The van der Waals surface area contributed by atoms with Crippen LogP contribution in [0.2, 0.25) is 0 Å². The Morgan fingerprint density at radius 1 is 0.818 bits per heavy atom. The molecule has 240 valence electrons. The van der Waals surface area contributed by atoms with Crippen molar-refractivity contribution >= 4 is 52.4 Å². The van der Waals surface area contributed by atoms with Crippen LogP contribution in [0.1, 0.15) is 44.1 Å². The predicted molar refractivity (Wildman–Crippen MR) is 159 cm³/mol. The number of aliphatic imine (C=N–C) groups is 1. The van der Waals surface area contributed by atoms with Crippen molar-refractivity contribution in [1.82, 2.24) is 20.9 Å². The number of nitrogens with two attached hydrogens (primary N) is 4. The molecule has 0 spiro atoms. The third-order valence-electron chi connectivity index (χ3n) is 6.61. The molecule has 0 aliphatic carbocycles. The fourth-order valence-electron chi connectivity index (χ4n) is 4.28. The second kappa shape index (κ2) is 17.1. The Hall–Kier alpha value is -5.19. The molecule has 1 aromatic heterocycles. The number of hydrogen-bond donors (Lipinski definition) is 10. The van der Waals surface area contributed by atoms with Gasteiger partial charge in [0.05, 0.1) is 6.04 Å². The van der Waals surface area contributed by atoms with Crippen LogP contribution in [-0.4, -0.2) is 87.4 Å². The normalized spacial score (nSPS) is 13.6. The van der Waals surface area contributed by atoms with Crippen molar-refractivity contribution in [2.24, 2.45) is 27.9 Å². The van der Waals surface area contributed by atoms with Crippen molar-refractivity contribution in [1.29, 1.82) is 0 Å². The van der Waals surface area contributed by atoms with Gasteiger partial charge in [0.25, 0.3) is 0 Å². The van der Waals surface area contributed by atoms with Gasteiger partial charge in [0.15, 0.2) is 5.96 Å². The molecule has 0 saturated heterocycles. The van der Waals surface area contributed by atoms with Gasteiger partial charge in [-0.05, 0) is 37.3 Å². The van der Waals surface area contributed by atoms with Crippen molar-refractivity contribution in [3.05, 3.63) is 36.0 Å². The van der Waals surface area contributed by atoms with Crippen LogP contribution in [0.4, 0.5) is 0 Å². The molecule has 2 rings (SSSR count). The highest BCUT2D eigenvalue weighted by Crippen LogP contribution is 2.19. The molecule has 0 aliphatic heterocycles. The smallest absolute Gasteiger partial charge is 0.326 e. The Balaban J connectivity index is 2.28. The monoisotopic (exact) mass is 617 g/mol. The summed E-state index contributed by atoms with van der Waals surface area (Å²) in [7, 11) is 0. The molecular weight excluding hydrogens is 578 g/mol. The van der Waals surface area contributed by atoms with Crippen molar-refractivity contribution in [2.75, 3.05) is 6.54 Å². The van der Waals surface area contributed by atoms with Crippen LogP contribution in [0, 0.1) is 0 Å². The second-order valence-electron chi connectivity index (χ2n) is 10.1. The average molecular weight is 618 g/mol. The Kier molecular flexibility index (Phi) is 13.6. The van der Waals surface area contributed by atoms with Gasteiger partial charge in [0, 0.05) is 42.9 Å². The van der Waals surface area contributed by atoms with Gasteiger partial charge in [-0.15, -0.1) is 0 Å². The first-order chi connectivity index (χ1) is 20.8. The highest BCUT2D eigenvalue weighted by Gasteiger charge is 2.31. The van der Waals surface area contributed by atoms with Gasteiger partial charge >= 0.3 is 11.9 Å². The number of aromatic amines is 1. The van der Waals surface area contributed by atoms with Crippen LogP contribution in [0.3, 0.4) is 0 Å². The van der Waals surface area contributed by atoms with Crippen molar-refractivity contribution < 1.29 is 39.0 Å². The molecule has 4 atom stereocenters. The summed E-state index contributed by atoms with van der Waals surface area (Å²) in [4.78, 5) is 80.6. The largest absolute Gasteiger partial charge is 0.481 e. The summed E-state index contributed by atoms with van der Waals surface area (Å²) in [5.41, 5.74) is 23.0. The maximum absolute atomic E-state index is 13.6. The third-order valence-corrected chi connectivity index (χ3v) is 6.61. The van der Waals surface area contributed by atoms with Crippen LogP contribution < -0.4 is 38.9 Å². The number of fused-ring (bicyclic) bond motifs is 1. The number of carboxylic acids is 2. The highest BCUT2D eigenvalue weighted by molar-refractivity contribution is 5.95. The van der Waals surface area contributed by atoms with E-state index in [4.69, 9.17) is 22.9 Å². The van der Waals surface area contributed by atoms with Gasteiger partial charge in [-0.2, -0.15) is 0 Å². The summed E-state index contributed by atoms with van der Waals surface area (Å²) in [6.45, 7) is 0.109. The molecule has 1 aromatic carbocycles. The Labute approximate surface area is 252 Å². The Morgan fingerprint density at radius 3 is 2.09 bits per heavy atom. The number of carbonyl (C=O) groups is 6. The summed E-state index contributed by atoms with van der Waals surface area (Å²) in [5.74, 6) is -6.01. The van der Waals surface area contributed by atoms with E-state index in [1.54, 1.807) is 18.3 Å². The Morgan fingerprint density at radius 2 is 1.45 bits per heavy atom. The molecule has 44 heavy (non-hydrogen) atoms. The van der Waals surface area contributed by atoms with Crippen LogP contribution in [-0.2, 0) is 35.2 Å². The number of para-hydroxylation sites is 1. The minimum atomic E-state index is -1.47. The molecule has 4 amide bonds. The van der Waals surface area contributed by atoms with Gasteiger partial charge in [0.1, 0.15) is 18.1 Å². The van der Waals surface area contributed by atoms with Crippen LogP contribution in [0.15, 0.2) is 35.5 Å². The lowest BCUT2D eigenvalue weighted by molar-refractivity contribution is -0.143. The quantitative estimate of drug-likeness (QED) is 0.0456. The molecule has 0 bridgehead atoms. The summed E-state index contributed by atoms with van der Waals surface area (Å²) >= 11 is 0. The molecule has 0 radical (unpaired) electrons. The van der Waals surface area contributed by atoms with Gasteiger partial charge in [0.2, 0.25) is 23.6 Å². The summed E-state index contributed by atoms with van der Waals surface area (Å²) < 4.78 is 0. The maximum Gasteiger partial charge on any atom is 0.326 e. The summed E-state index contributed by atoms with van der Waals surface area (Å²) in [5, 5.41) is 26.9. The number of aromatic nitrogens is 1. The van der Waals surface area contributed by atoms with E-state index >= 15 is 0 Å². The molecule has 0 fully saturated rings. The lowest BCUT2D eigenvalue weighted by Crippen LogP contribution is -2.57. The molecule has 1 heterocycles. The minimum Gasteiger partial charge on any atom is -0.481 e. The van der Waals surface area contributed by atoms with E-state index in [0.717, 1.165) is 10.9 Å². The van der Waals surface area contributed by atoms with Crippen LogP contribution >= 0.6 is 0 Å². The van der Waals surface area contributed by atoms with E-state index in [1.165, 1.54) is 0 Å². The number of amides is 4. The van der Waals surface area contributed by atoms with E-state index in [2.05, 4.69) is 25.9 Å². The molecule has 0 aliphatic rings. The molecule has 0 saturated carbocycles. The highest BCUT2D eigenvalue weighted by atomic mass is 16.4. The number of rotatable bonds is 19. The predicted octanol–water partition coefficient (Wildman–Crippen LogP) is -2.24. The van der Waals surface area contributed by atoms with Crippen LogP contribution in [0.25, 0.3) is 10.9 Å². The minimum absolute atomic E-state index is 0.0556. The van der Waals surface area contributed by atoms with Gasteiger partial charge in [-0.25, -0.2) is 4.79 Å². The second-order valence-corrected chi connectivity index (χ2v) is 10.1. The molecule has 4 unspecified atom stereocenters. The van der Waals surface area contributed by atoms with E-state index in [0.29, 0.717) is 5.56 Å². The van der Waals surface area contributed by atoms with Gasteiger partial charge in [-0.3, -0.25) is 29.0 Å². The topological polar surface area (TPSA) is 311 Å². The van der Waals surface area contributed by atoms with E-state index in [9.17, 15) is 39.0 Å². The van der Waals surface area contributed by atoms with Crippen molar-refractivity contribution in [3.8, 4) is 0 Å². The van der Waals surface area contributed by atoms with Gasteiger partial charge < -0.3 is 54.1 Å². The number of nitrogens with one attached hydrogen (secondary N) is 4. The number of H-pyrrole nitrogens is 1. The lowest BCUT2D eigenvalue weighted by atomic mass is 10.0. The summed E-state index contributed by atoms with van der Waals surface area (Å²) in [6, 6.07) is 1.89. The van der Waals surface area contributed by atoms with Crippen molar-refractivity contribution in [2.45, 2.75) is 69.1 Å². The zero-order valence-corrected chi connectivity index (χ0v) is 24.0. The average Bonchev–Trinajstić information content (AvgIpc) is 3.37. The van der Waals surface area contributed by atoms with E-state index in [1.807, 2.05) is 12.1 Å². The molecular formula is C27H39N9O8. The zero-order chi connectivity index (χ0) is 32.8. The number of nitrogens with zero attached hydrogens (tertiary/aromatic N) is 1. The molecule has 17 heteroatoms.